The molecule has 2 aliphatic rings. The molecule has 2 aromatic rings. The molecule has 1 unspecified atom stereocenters. The first-order chi connectivity index (χ1) is 13.0. The predicted octanol–water partition coefficient (Wildman–Crippen LogP) is 0.823. The van der Waals surface area contributed by atoms with E-state index in [0.717, 1.165) is 5.56 Å². The molecule has 0 saturated carbocycles. The number of hydrogen-bond acceptors (Lipinski definition) is 5. The lowest BCUT2D eigenvalue weighted by molar-refractivity contribution is -0.124. The second-order valence-corrected chi connectivity index (χ2v) is 6.56. The minimum Gasteiger partial charge on any atom is -0.497 e. The van der Waals surface area contributed by atoms with Crippen LogP contribution in [-0.2, 0) is 16.8 Å². The molecule has 3 heterocycles. The molecule has 8 nitrogen and oxygen atoms in total. The van der Waals surface area contributed by atoms with Crippen LogP contribution in [0.25, 0.3) is 0 Å². The Kier molecular flexibility index (Phi) is 4.02. The first-order valence-corrected chi connectivity index (χ1v) is 8.54. The number of fused-ring (bicyclic) bond motifs is 1. The minimum atomic E-state index is -1.36. The largest absolute Gasteiger partial charge is 0.497 e. The molecule has 138 valence electrons. The molecule has 0 aliphatic carbocycles. The molecule has 1 atom stereocenters. The van der Waals surface area contributed by atoms with Gasteiger partial charge in [0.25, 0.3) is 11.8 Å². The van der Waals surface area contributed by atoms with Crippen molar-refractivity contribution in [2.24, 2.45) is 0 Å². The molecular weight excluding hydrogens is 348 g/mol. The maximum atomic E-state index is 13.0. The Labute approximate surface area is 155 Å². The van der Waals surface area contributed by atoms with Gasteiger partial charge >= 0.3 is 6.03 Å². The molecule has 2 N–H and O–H groups in total. The van der Waals surface area contributed by atoms with Gasteiger partial charge in [0.15, 0.2) is 5.54 Å². The Morgan fingerprint density at radius 2 is 2.11 bits per heavy atom. The average molecular weight is 366 g/mol. The smallest absolute Gasteiger partial charge is 0.322 e. The number of urea groups is 1. The predicted molar refractivity (Wildman–Crippen MR) is 95.2 cm³/mol. The number of hydrogen-bond donors (Lipinski definition) is 2. The highest BCUT2D eigenvalue weighted by Crippen LogP contribution is 2.29. The third-order valence-corrected chi connectivity index (χ3v) is 5.01. The lowest BCUT2D eigenvalue weighted by atomic mass is 9.89. The zero-order valence-corrected chi connectivity index (χ0v) is 14.7. The fourth-order valence-electron chi connectivity index (χ4n) is 3.59. The van der Waals surface area contributed by atoms with Gasteiger partial charge < -0.3 is 15.0 Å². The van der Waals surface area contributed by atoms with Crippen molar-refractivity contribution in [1.82, 2.24) is 20.5 Å². The summed E-state index contributed by atoms with van der Waals surface area (Å²) in [5, 5.41) is 4.96. The van der Waals surface area contributed by atoms with Crippen LogP contribution in [-0.4, -0.2) is 47.9 Å². The van der Waals surface area contributed by atoms with Gasteiger partial charge in [-0.3, -0.25) is 19.9 Å². The van der Waals surface area contributed by atoms with Crippen LogP contribution in [0.2, 0.25) is 0 Å². The highest BCUT2D eigenvalue weighted by molar-refractivity contribution is 6.08. The second-order valence-electron chi connectivity index (χ2n) is 6.56. The van der Waals surface area contributed by atoms with E-state index in [-0.39, 0.29) is 12.5 Å². The van der Waals surface area contributed by atoms with Crippen LogP contribution in [0.5, 0.6) is 5.75 Å². The van der Waals surface area contributed by atoms with Crippen LogP contribution in [0.4, 0.5) is 4.79 Å². The fourth-order valence-corrected chi connectivity index (χ4v) is 3.59. The molecule has 0 bridgehead atoms. The van der Waals surface area contributed by atoms with E-state index >= 15 is 0 Å². The van der Waals surface area contributed by atoms with Gasteiger partial charge in [-0.2, -0.15) is 0 Å². The zero-order valence-electron chi connectivity index (χ0n) is 14.7. The van der Waals surface area contributed by atoms with E-state index in [2.05, 4.69) is 15.6 Å². The number of methoxy groups -OCH3 is 1. The van der Waals surface area contributed by atoms with Crippen LogP contribution in [0.1, 0.15) is 21.5 Å². The fraction of sp³-hybridized carbons (Fsp3) is 0.263. The summed E-state index contributed by atoms with van der Waals surface area (Å²) in [6, 6.07) is 8.14. The average Bonchev–Trinajstić information content (AvgIpc) is 2.98. The van der Waals surface area contributed by atoms with Gasteiger partial charge in [0, 0.05) is 30.1 Å². The Hall–Kier alpha value is -3.42. The second kappa shape index (κ2) is 6.39. The number of pyridine rings is 1. The lowest BCUT2D eigenvalue weighted by Crippen LogP contribution is -2.55. The number of nitrogens with zero attached hydrogens (tertiary/aromatic N) is 2. The van der Waals surface area contributed by atoms with E-state index in [1.54, 1.807) is 42.5 Å². The first-order valence-electron chi connectivity index (χ1n) is 8.54. The van der Waals surface area contributed by atoms with Crippen LogP contribution in [0.15, 0.2) is 42.7 Å². The van der Waals surface area contributed by atoms with E-state index in [0.29, 0.717) is 29.8 Å². The van der Waals surface area contributed by atoms with E-state index < -0.39 is 17.5 Å². The van der Waals surface area contributed by atoms with Crippen LogP contribution < -0.4 is 15.4 Å². The summed E-state index contributed by atoms with van der Waals surface area (Å²) >= 11 is 0. The Morgan fingerprint density at radius 3 is 2.78 bits per heavy atom. The van der Waals surface area contributed by atoms with Crippen molar-refractivity contribution in [1.29, 1.82) is 0 Å². The molecule has 0 radical (unpaired) electrons. The number of benzene rings is 1. The Bertz CT molecular complexity index is 931. The molecule has 1 aromatic carbocycles. The molecule has 4 amide bonds. The van der Waals surface area contributed by atoms with Crippen molar-refractivity contribution in [2.45, 2.75) is 12.0 Å². The number of carbonyl (C=O) groups is 3. The van der Waals surface area contributed by atoms with E-state index in [9.17, 15) is 14.4 Å². The van der Waals surface area contributed by atoms with Crippen molar-refractivity contribution in [2.75, 3.05) is 20.2 Å². The summed E-state index contributed by atoms with van der Waals surface area (Å²) < 4.78 is 5.22. The molecular formula is C19H18N4O4. The molecule has 0 spiro atoms. The first kappa shape index (κ1) is 17.0. The number of amides is 4. The number of nitrogens with one attached hydrogen (secondary N) is 2. The van der Waals surface area contributed by atoms with E-state index in [4.69, 9.17) is 4.74 Å². The number of aromatic nitrogens is 1. The highest BCUT2D eigenvalue weighted by atomic mass is 16.5. The summed E-state index contributed by atoms with van der Waals surface area (Å²) in [4.78, 5) is 43.1. The SMILES string of the molecule is COc1ccc2c(c1)CCN(CC1(c3cccnc3)NC(=O)NC1=O)C2=O. The number of imide groups is 1. The Morgan fingerprint density at radius 1 is 1.26 bits per heavy atom. The summed E-state index contributed by atoms with van der Waals surface area (Å²) in [7, 11) is 1.58. The van der Waals surface area contributed by atoms with Gasteiger partial charge in [-0.25, -0.2) is 4.79 Å². The molecule has 8 heteroatoms. The minimum absolute atomic E-state index is 0.0283. The molecule has 2 aliphatic heterocycles. The number of ether oxygens (including phenoxy) is 1. The highest BCUT2D eigenvalue weighted by Gasteiger charge is 2.50. The quantitative estimate of drug-likeness (QED) is 0.781. The maximum Gasteiger partial charge on any atom is 0.322 e. The Balaban J connectivity index is 1.68. The summed E-state index contributed by atoms with van der Waals surface area (Å²) in [5.74, 6) is 0.0224. The van der Waals surface area contributed by atoms with Crippen LogP contribution in [0, 0.1) is 0 Å². The topological polar surface area (TPSA) is 101 Å². The van der Waals surface area contributed by atoms with E-state index in [1.807, 2.05) is 6.07 Å². The van der Waals surface area contributed by atoms with E-state index in [1.165, 1.54) is 6.20 Å². The van der Waals surface area contributed by atoms with Gasteiger partial charge in [0.1, 0.15) is 5.75 Å². The van der Waals surface area contributed by atoms with Crippen molar-refractivity contribution >= 4 is 17.8 Å². The van der Waals surface area contributed by atoms with Crippen LogP contribution >= 0.6 is 0 Å². The van der Waals surface area contributed by atoms with Crippen molar-refractivity contribution < 1.29 is 19.1 Å². The van der Waals surface area contributed by atoms with Gasteiger partial charge in [-0.05, 0) is 36.2 Å². The standard InChI is InChI=1S/C19H18N4O4/c1-27-14-4-5-15-12(9-14)6-8-23(16(15)24)11-19(13-3-2-7-20-10-13)17(25)21-18(26)22-19/h2-5,7,9-10H,6,8,11H2,1H3,(H2,21,22,25,26). The lowest BCUT2D eigenvalue weighted by Gasteiger charge is -2.36. The number of carbonyl (C=O) groups excluding carboxylic acids is 3. The van der Waals surface area contributed by atoms with Gasteiger partial charge in [0.05, 0.1) is 13.7 Å². The molecule has 1 saturated heterocycles. The molecule has 1 fully saturated rings. The maximum absolute atomic E-state index is 13.0. The van der Waals surface area contributed by atoms with Crippen molar-refractivity contribution in [3.8, 4) is 5.75 Å². The molecule has 4 rings (SSSR count). The number of rotatable bonds is 4. The molecule has 1 aromatic heterocycles. The van der Waals surface area contributed by atoms with Gasteiger partial charge in [0.2, 0.25) is 0 Å². The van der Waals surface area contributed by atoms with Crippen molar-refractivity contribution in [3.63, 3.8) is 0 Å². The molecule has 27 heavy (non-hydrogen) atoms. The van der Waals surface area contributed by atoms with Crippen LogP contribution in [0.3, 0.4) is 0 Å². The summed E-state index contributed by atoms with van der Waals surface area (Å²) in [6.07, 6.45) is 3.75. The normalized spacial score (nSPS) is 21.5. The monoisotopic (exact) mass is 366 g/mol. The van der Waals surface area contributed by atoms with Gasteiger partial charge in [-0.15, -0.1) is 0 Å². The summed E-state index contributed by atoms with van der Waals surface area (Å²) in [6.45, 7) is 0.463. The third kappa shape index (κ3) is 2.79. The van der Waals surface area contributed by atoms with Gasteiger partial charge in [-0.1, -0.05) is 6.07 Å². The van der Waals surface area contributed by atoms with Crippen molar-refractivity contribution in [3.05, 3.63) is 59.4 Å². The third-order valence-electron chi connectivity index (χ3n) is 5.01. The summed E-state index contributed by atoms with van der Waals surface area (Å²) in [5.41, 5.74) is 0.658. The zero-order chi connectivity index (χ0) is 19.0.